The van der Waals surface area contributed by atoms with Gasteiger partial charge in [0, 0.05) is 51.4 Å². The highest BCUT2D eigenvalue weighted by Crippen LogP contribution is 2.33. The molecule has 2 heterocycles. The van der Waals surface area contributed by atoms with Crippen LogP contribution in [0, 0.1) is 5.41 Å². The number of anilines is 2. The summed E-state index contributed by atoms with van der Waals surface area (Å²) in [5.74, 6) is -0.150. The maximum atomic E-state index is 12.6. The van der Waals surface area contributed by atoms with E-state index in [1.54, 1.807) is 19.1 Å². The van der Waals surface area contributed by atoms with Gasteiger partial charge < -0.3 is 15.8 Å². The number of carbonyl (C=O) groups is 1. The van der Waals surface area contributed by atoms with Gasteiger partial charge in [-0.3, -0.25) is 15.2 Å². The second-order valence-corrected chi connectivity index (χ2v) is 10.9. The van der Waals surface area contributed by atoms with E-state index in [2.05, 4.69) is 19.6 Å². The quantitative estimate of drug-likeness (QED) is 0.299. The molecule has 34 heavy (non-hydrogen) atoms. The minimum absolute atomic E-state index is 0.178. The fourth-order valence-electron chi connectivity index (χ4n) is 2.97. The molecular weight excluding hydrogens is 499 g/mol. The summed E-state index contributed by atoms with van der Waals surface area (Å²) in [4.78, 5) is 20.6. The van der Waals surface area contributed by atoms with Crippen molar-refractivity contribution in [3.05, 3.63) is 70.1 Å². The van der Waals surface area contributed by atoms with Crippen LogP contribution in [0.25, 0.3) is 0 Å². The molecule has 1 aromatic carbocycles. The molecule has 12 heteroatoms. The Labute approximate surface area is 207 Å². The topological polar surface area (TPSA) is 143 Å². The van der Waals surface area contributed by atoms with Crippen LogP contribution < -0.4 is 15.8 Å². The second-order valence-electron chi connectivity index (χ2n) is 7.53. The van der Waals surface area contributed by atoms with Crippen molar-refractivity contribution in [2.75, 3.05) is 23.6 Å². The molecule has 0 aliphatic heterocycles. The molecule has 1 atom stereocenters. The Bertz CT molecular complexity index is 1340. The minimum Gasteiger partial charge on any atom is -0.486 e. The number of aromatic nitrogens is 2. The molecule has 0 aliphatic carbocycles. The van der Waals surface area contributed by atoms with Gasteiger partial charge in [0.1, 0.15) is 23.4 Å². The molecular formula is C22H22Cl2N6O3S. The maximum absolute atomic E-state index is 12.6. The molecule has 0 radical (unpaired) electrons. The standard InChI is InChI=1S/C22H22Cl2N6O3S/c1-12(20-16(23)10-27-11-17(20)24)33-14-5-6-18(25)15(8-14)21(26)22(31)29-19-7-4-13(9-28-19)30-34(2,3)32/h4-12,26H,25H2,1-3H3,(H,28,29,31). The van der Waals surface area contributed by atoms with E-state index in [9.17, 15) is 9.00 Å². The zero-order valence-electron chi connectivity index (χ0n) is 18.5. The Kier molecular flexibility index (Phi) is 7.75. The van der Waals surface area contributed by atoms with Gasteiger partial charge >= 0.3 is 0 Å². The summed E-state index contributed by atoms with van der Waals surface area (Å²) in [6.07, 6.45) is 6.80. The summed E-state index contributed by atoms with van der Waals surface area (Å²) in [6.45, 7) is 1.76. The Morgan fingerprint density at radius 1 is 1.18 bits per heavy atom. The van der Waals surface area contributed by atoms with Crippen LogP contribution in [0.4, 0.5) is 17.2 Å². The molecule has 2 aromatic heterocycles. The number of halogens is 2. The Balaban J connectivity index is 1.76. The number of hydrogen-bond donors (Lipinski definition) is 3. The normalized spacial score (nSPS) is 12.0. The van der Waals surface area contributed by atoms with Gasteiger partial charge in [-0.1, -0.05) is 23.2 Å². The predicted molar refractivity (Wildman–Crippen MR) is 136 cm³/mol. The number of amides is 1. The highest BCUT2D eigenvalue weighted by atomic mass is 35.5. The molecule has 0 aliphatic rings. The van der Waals surface area contributed by atoms with Gasteiger partial charge in [0.05, 0.1) is 21.9 Å². The van der Waals surface area contributed by atoms with Gasteiger partial charge in [0.15, 0.2) is 0 Å². The highest BCUT2D eigenvalue weighted by Gasteiger charge is 2.19. The summed E-state index contributed by atoms with van der Waals surface area (Å²) in [6, 6.07) is 7.72. The number of rotatable bonds is 7. The summed E-state index contributed by atoms with van der Waals surface area (Å²) < 4.78 is 21.7. The predicted octanol–water partition coefficient (Wildman–Crippen LogP) is 4.87. The monoisotopic (exact) mass is 520 g/mol. The van der Waals surface area contributed by atoms with E-state index >= 15 is 0 Å². The van der Waals surface area contributed by atoms with Crippen molar-refractivity contribution in [3.63, 3.8) is 0 Å². The highest BCUT2D eigenvalue weighted by molar-refractivity contribution is 7.92. The van der Waals surface area contributed by atoms with E-state index in [-0.39, 0.29) is 22.8 Å². The van der Waals surface area contributed by atoms with Crippen LogP contribution in [-0.2, 0) is 14.5 Å². The third-order valence-corrected chi connectivity index (χ3v) is 5.70. The lowest BCUT2D eigenvalue weighted by Gasteiger charge is -2.18. The molecule has 3 aromatic rings. The van der Waals surface area contributed by atoms with Gasteiger partial charge in [0.2, 0.25) is 0 Å². The Morgan fingerprint density at radius 3 is 2.44 bits per heavy atom. The van der Waals surface area contributed by atoms with Crippen molar-refractivity contribution < 1.29 is 13.7 Å². The average molecular weight is 521 g/mol. The third-order valence-electron chi connectivity index (χ3n) is 4.45. The van der Waals surface area contributed by atoms with E-state index in [1.807, 2.05) is 0 Å². The zero-order valence-corrected chi connectivity index (χ0v) is 20.8. The lowest BCUT2D eigenvalue weighted by molar-refractivity contribution is -0.110. The zero-order chi connectivity index (χ0) is 25.0. The van der Waals surface area contributed by atoms with Crippen molar-refractivity contribution in [2.24, 2.45) is 4.36 Å². The summed E-state index contributed by atoms with van der Waals surface area (Å²) >= 11 is 12.4. The van der Waals surface area contributed by atoms with Gasteiger partial charge in [-0.25, -0.2) is 9.19 Å². The van der Waals surface area contributed by atoms with E-state index < -0.39 is 21.7 Å². The average Bonchev–Trinajstić information content (AvgIpc) is 2.75. The van der Waals surface area contributed by atoms with Crippen molar-refractivity contribution in [1.29, 1.82) is 5.41 Å². The first-order chi connectivity index (χ1) is 15.9. The number of nitrogens with zero attached hydrogens (tertiary/aromatic N) is 3. The van der Waals surface area contributed by atoms with E-state index in [1.165, 1.54) is 49.3 Å². The van der Waals surface area contributed by atoms with Gasteiger partial charge in [-0.15, -0.1) is 0 Å². The summed E-state index contributed by atoms with van der Waals surface area (Å²) in [7, 11) is -2.33. The van der Waals surface area contributed by atoms with E-state index in [4.69, 9.17) is 39.1 Å². The number of nitrogens with two attached hydrogens (primary N) is 1. The number of nitrogens with one attached hydrogen (secondary N) is 2. The van der Waals surface area contributed by atoms with Crippen LogP contribution in [0.3, 0.4) is 0 Å². The number of pyridine rings is 2. The van der Waals surface area contributed by atoms with Crippen LogP contribution in [0.1, 0.15) is 24.2 Å². The molecule has 0 saturated heterocycles. The smallest absolute Gasteiger partial charge is 0.275 e. The summed E-state index contributed by atoms with van der Waals surface area (Å²) in [5, 5.41) is 11.6. The number of carbonyl (C=O) groups excluding carboxylic acids is 1. The van der Waals surface area contributed by atoms with Crippen molar-refractivity contribution in [2.45, 2.75) is 13.0 Å². The molecule has 178 valence electrons. The molecule has 0 bridgehead atoms. The second kappa shape index (κ2) is 10.4. The summed E-state index contributed by atoms with van der Waals surface area (Å²) in [5.41, 5.74) is 7.01. The molecule has 1 unspecified atom stereocenters. The van der Waals surface area contributed by atoms with Crippen LogP contribution >= 0.6 is 23.2 Å². The largest absolute Gasteiger partial charge is 0.486 e. The molecule has 0 spiro atoms. The lowest BCUT2D eigenvalue weighted by Crippen LogP contribution is -2.24. The first-order valence-electron chi connectivity index (χ1n) is 9.83. The van der Waals surface area contributed by atoms with Crippen LogP contribution in [0.5, 0.6) is 5.75 Å². The Morgan fingerprint density at radius 2 is 1.85 bits per heavy atom. The van der Waals surface area contributed by atoms with Crippen LogP contribution in [0.2, 0.25) is 10.0 Å². The van der Waals surface area contributed by atoms with E-state index in [0.29, 0.717) is 27.0 Å². The SMILES string of the molecule is CC(Oc1ccc(N)c(C(=N)C(=O)Nc2ccc(N=S(C)(C)=O)cn2)c1)c1c(Cl)cncc1Cl. The number of nitrogen functional groups attached to an aromatic ring is 1. The van der Waals surface area contributed by atoms with Gasteiger partial charge in [-0.05, 0) is 37.3 Å². The molecule has 9 nitrogen and oxygen atoms in total. The molecule has 4 N–H and O–H groups in total. The number of ether oxygens (including phenoxy) is 1. The molecule has 3 rings (SSSR count). The fraction of sp³-hybridized carbons (Fsp3) is 0.182. The van der Waals surface area contributed by atoms with Crippen molar-refractivity contribution >= 4 is 61.7 Å². The van der Waals surface area contributed by atoms with Gasteiger partial charge in [-0.2, -0.15) is 4.36 Å². The molecule has 0 fully saturated rings. The lowest BCUT2D eigenvalue weighted by atomic mass is 10.1. The third kappa shape index (κ3) is 6.43. The van der Waals surface area contributed by atoms with Crippen molar-refractivity contribution in [3.8, 4) is 5.75 Å². The first-order valence-corrected chi connectivity index (χ1v) is 12.9. The number of hydrogen-bond acceptors (Lipinski definition) is 8. The van der Waals surface area contributed by atoms with Crippen LogP contribution in [0.15, 0.2) is 53.3 Å². The molecule has 1 amide bonds. The van der Waals surface area contributed by atoms with Gasteiger partial charge in [0.25, 0.3) is 5.91 Å². The minimum atomic E-state index is -2.33. The number of benzene rings is 1. The Hall–Kier alpha value is -3.21. The van der Waals surface area contributed by atoms with Crippen molar-refractivity contribution in [1.82, 2.24) is 9.97 Å². The fourth-order valence-corrected chi connectivity index (χ4v) is 4.25. The first kappa shape index (κ1) is 25.4. The van der Waals surface area contributed by atoms with Crippen LogP contribution in [-0.4, -0.2) is 38.3 Å². The molecule has 0 saturated carbocycles. The van der Waals surface area contributed by atoms with E-state index in [0.717, 1.165) is 0 Å². The maximum Gasteiger partial charge on any atom is 0.275 e.